The van der Waals surface area contributed by atoms with Gasteiger partial charge in [-0.1, -0.05) is 47.0 Å². The van der Waals surface area contributed by atoms with Gasteiger partial charge in [0.2, 0.25) is 0 Å². The molecule has 0 aliphatic heterocycles. The normalized spacial score (nSPS) is 11.8. The molecule has 0 fully saturated rings. The number of benzene rings is 2. The summed E-state index contributed by atoms with van der Waals surface area (Å²) in [4.78, 5) is 2.28. The van der Waals surface area contributed by atoms with Gasteiger partial charge in [-0.25, -0.2) is 0 Å². The van der Waals surface area contributed by atoms with Crippen LogP contribution in [0.1, 0.15) is 11.3 Å². The zero-order valence-electron chi connectivity index (χ0n) is 13.6. The van der Waals surface area contributed by atoms with Crippen molar-refractivity contribution < 1.29 is 12.8 Å². The molecule has 8 heteroatoms. The van der Waals surface area contributed by atoms with E-state index in [-0.39, 0.29) is 4.90 Å². The van der Waals surface area contributed by atoms with Gasteiger partial charge in [0, 0.05) is 5.56 Å². The van der Waals surface area contributed by atoms with Crippen LogP contribution in [0.15, 0.2) is 69.0 Å². The summed E-state index contributed by atoms with van der Waals surface area (Å²) >= 11 is 12.2. The molecule has 2 aromatic carbocycles. The van der Waals surface area contributed by atoms with Crippen LogP contribution in [0.25, 0.3) is 11.3 Å². The van der Waals surface area contributed by atoms with E-state index < -0.39 is 10.0 Å². The van der Waals surface area contributed by atoms with Gasteiger partial charge in [0.25, 0.3) is 10.0 Å². The molecular formula is C18H14Cl2N2O3S. The quantitative estimate of drug-likeness (QED) is 0.483. The lowest BCUT2D eigenvalue weighted by molar-refractivity contribution is 0.573. The highest BCUT2D eigenvalue weighted by Crippen LogP contribution is 2.34. The molecule has 0 saturated carbocycles. The van der Waals surface area contributed by atoms with E-state index in [2.05, 4.69) is 9.93 Å². The fraction of sp³-hybridized carbons (Fsp3) is 0.0556. The minimum Gasteiger partial charge on any atom is -0.455 e. The third-order valence-corrected chi connectivity index (χ3v) is 5.60. The maximum Gasteiger partial charge on any atom is 0.276 e. The summed E-state index contributed by atoms with van der Waals surface area (Å²) in [6, 6.07) is 15.0. The highest BCUT2D eigenvalue weighted by molar-refractivity contribution is 7.89. The fourth-order valence-corrected chi connectivity index (χ4v) is 3.38. The number of hydrogen-bond donors (Lipinski definition) is 1. The van der Waals surface area contributed by atoms with Crippen molar-refractivity contribution >= 4 is 39.4 Å². The van der Waals surface area contributed by atoms with Crippen molar-refractivity contribution in [3.05, 3.63) is 76.0 Å². The number of halogens is 2. The largest absolute Gasteiger partial charge is 0.455 e. The van der Waals surface area contributed by atoms with Crippen molar-refractivity contribution in [1.82, 2.24) is 4.83 Å². The highest BCUT2D eigenvalue weighted by atomic mass is 35.5. The summed E-state index contributed by atoms with van der Waals surface area (Å²) in [5.41, 5.74) is 1.61. The van der Waals surface area contributed by atoms with Crippen LogP contribution >= 0.6 is 23.2 Å². The number of aryl methyl sites for hydroxylation is 1. The molecule has 0 radical (unpaired) electrons. The first-order chi connectivity index (χ1) is 12.4. The number of furan rings is 1. The molecule has 0 atom stereocenters. The minimum absolute atomic E-state index is 0.131. The first-order valence-electron chi connectivity index (χ1n) is 7.52. The lowest BCUT2D eigenvalue weighted by atomic mass is 10.2. The van der Waals surface area contributed by atoms with E-state index in [0.29, 0.717) is 27.1 Å². The lowest BCUT2D eigenvalue weighted by Gasteiger charge is -2.03. The van der Waals surface area contributed by atoms with E-state index >= 15 is 0 Å². The lowest BCUT2D eigenvalue weighted by Crippen LogP contribution is -2.18. The zero-order chi connectivity index (χ0) is 18.7. The van der Waals surface area contributed by atoms with Crippen LogP contribution in [-0.2, 0) is 10.0 Å². The maximum absolute atomic E-state index is 12.2. The van der Waals surface area contributed by atoms with Gasteiger partial charge in [0.1, 0.15) is 11.5 Å². The van der Waals surface area contributed by atoms with Gasteiger partial charge in [-0.3, -0.25) is 0 Å². The molecule has 3 aromatic rings. The fourth-order valence-electron chi connectivity index (χ4n) is 2.19. The van der Waals surface area contributed by atoms with Crippen molar-refractivity contribution in [1.29, 1.82) is 0 Å². The van der Waals surface area contributed by atoms with Gasteiger partial charge < -0.3 is 4.42 Å². The van der Waals surface area contributed by atoms with Crippen molar-refractivity contribution in [2.75, 3.05) is 0 Å². The summed E-state index contributed by atoms with van der Waals surface area (Å²) in [6.07, 6.45) is 1.27. The third-order valence-electron chi connectivity index (χ3n) is 3.54. The van der Waals surface area contributed by atoms with Gasteiger partial charge in [-0.2, -0.15) is 18.4 Å². The van der Waals surface area contributed by atoms with Crippen LogP contribution in [0.5, 0.6) is 0 Å². The molecule has 26 heavy (non-hydrogen) atoms. The van der Waals surface area contributed by atoms with Crippen LogP contribution in [-0.4, -0.2) is 14.6 Å². The first-order valence-corrected chi connectivity index (χ1v) is 9.76. The Morgan fingerprint density at radius 3 is 2.50 bits per heavy atom. The van der Waals surface area contributed by atoms with Crippen molar-refractivity contribution in [3.63, 3.8) is 0 Å². The van der Waals surface area contributed by atoms with Crippen LogP contribution in [0, 0.1) is 6.92 Å². The Kier molecular flexibility index (Phi) is 5.36. The number of nitrogens with one attached hydrogen (secondary N) is 1. The SMILES string of the molecule is Cc1ccc(S(=O)(=O)N/N=C\c2ccc(-c3cccc(Cl)c3Cl)o2)cc1. The molecule has 0 aliphatic rings. The first kappa shape index (κ1) is 18.5. The smallest absolute Gasteiger partial charge is 0.276 e. The summed E-state index contributed by atoms with van der Waals surface area (Å²) in [7, 11) is -3.73. The monoisotopic (exact) mass is 408 g/mol. The molecule has 3 rings (SSSR count). The van der Waals surface area contributed by atoms with Crippen molar-refractivity contribution in [2.45, 2.75) is 11.8 Å². The Labute approximate surface area is 161 Å². The van der Waals surface area contributed by atoms with Gasteiger partial charge in [-0.05, 0) is 43.3 Å². The second kappa shape index (κ2) is 7.53. The Morgan fingerprint density at radius 1 is 1.04 bits per heavy atom. The number of rotatable bonds is 5. The van der Waals surface area contributed by atoms with E-state index in [0.717, 1.165) is 5.56 Å². The van der Waals surface area contributed by atoms with Crippen molar-refractivity contribution in [3.8, 4) is 11.3 Å². The summed E-state index contributed by atoms with van der Waals surface area (Å²) < 4.78 is 29.9. The maximum atomic E-state index is 12.2. The van der Waals surface area contributed by atoms with E-state index in [4.69, 9.17) is 27.6 Å². The van der Waals surface area contributed by atoms with Crippen LogP contribution in [0.4, 0.5) is 0 Å². The second-order valence-corrected chi connectivity index (χ2v) is 7.92. The zero-order valence-corrected chi connectivity index (χ0v) is 15.9. The van der Waals surface area contributed by atoms with Gasteiger partial charge >= 0.3 is 0 Å². The van der Waals surface area contributed by atoms with E-state index in [9.17, 15) is 8.42 Å². The predicted molar refractivity (Wildman–Crippen MR) is 103 cm³/mol. The van der Waals surface area contributed by atoms with Crippen LogP contribution in [0.3, 0.4) is 0 Å². The number of sulfonamides is 1. The molecule has 0 amide bonds. The number of hydrazone groups is 1. The average molecular weight is 409 g/mol. The molecular weight excluding hydrogens is 395 g/mol. The molecule has 0 saturated heterocycles. The van der Waals surface area contributed by atoms with Gasteiger partial charge in [0.05, 0.1) is 21.2 Å². The van der Waals surface area contributed by atoms with E-state index in [1.807, 2.05) is 6.92 Å². The van der Waals surface area contributed by atoms with Crippen molar-refractivity contribution in [2.24, 2.45) is 5.10 Å². The molecule has 5 nitrogen and oxygen atoms in total. The topological polar surface area (TPSA) is 71.7 Å². The molecule has 0 unspecified atom stereocenters. The third kappa shape index (κ3) is 4.09. The molecule has 0 spiro atoms. The summed E-state index contributed by atoms with van der Waals surface area (Å²) in [6.45, 7) is 1.88. The van der Waals surface area contributed by atoms with E-state index in [1.165, 1.54) is 18.3 Å². The molecule has 0 aliphatic carbocycles. The average Bonchev–Trinajstić information content (AvgIpc) is 3.06. The number of hydrogen-bond acceptors (Lipinski definition) is 4. The molecule has 1 aromatic heterocycles. The Bertz CT molecular complexity index is 1060. The Morgan fingerprint density at radius 2 is 1.77 bits per heavy atom. The summed E-state index contributed by atoms with van der Waals surface area (Å²) in [5.74, 6) is 0.864. The van der Waals surface area contributed by atoms with Gasteiger partial charge in [-0.15, -0.1) is 0 Å². The highest BCUT2D eigenvalue weighted by Gasteiger charge is 2.13. The Hall–Kier alpha value is -2.28. The molecule has 0 bridgehead atoms. The second-order valence-electron chi connectivity index (χ2n) is 5.47. The minimum atomic E-state index is -3.73. The van der Waals surface area contributed by atoms with E-state index in [1.54, 1.807) is 42.5 Å². The summed E-state index contributed by atoms with van der Waals surface area (Å²) in [5, 5.41) is 4.54. The number of nitrogens with zero attached hydrogens (tertiary/aromatic N) is 1. The standard InChI is InChI=1S/C18H14Cl2N2O3S/c1-12-5-8-14(9-6-12)26(23,24)22-21-11-13-7-10-17(25-13)15-3-2-4-16(19)18(15)20/h2-11,22H,1H3/b21-11-. The molecule has 134 valence electrons. The predicted octanol–water partition coefficient (Wildman–Crippen LogP) is 4.87. The molecule has 1 N–H and O–H groups in total. The Balaban J connectivity index is 1.75. The van der Waals surface area contributed by atoms with Crippen LogP contribution in [0.2, 0.25) is 10.0 Å². The van der Waals surface area contributed by atoms with Crippen LogP contribution < -0.4 is 4.83 Å². The van der Waals surface area contributed by atoms with Gasteiger partial charge in [0.15, 0.2) is 0 Å². The molecule has 1 heterocycles.